The Morgan fingerprint density at radius 2 is 1.33 bits per heavy atom. The van der Waals surface area contributed by atoms with Gasteiger partial charge in [0.05, 0.1) is 13.2 Å². The number of nitro groups is 1. The maximum Gasteiger partial charge on any atom is 0.516 e. The van der Waals surface area contributed by atoms with Crippen LogP contribution in [-0.4, -0.2) is 175 Å². The van der Waals surface area contributed by atoms with Crippen LogP contribution >= 0.6 is 15.8 Å². The van der Waals surface area contributed by atoms with Gasteiger partial charge in [0.25, 0.3) is 0 Å². The summed E-state index contributed by atoms with van der Waals surface area (Å²) < 4.78 is 28.6. The SMILES string of the molecule is CC1N=CC([N+](=O)[O-])=[N+]1CCN=C([S-])[S-].CCOCCN(CCP(CCCOC)CCCOC)CCP(CCCOC)CCCOC.[NH2-].[Tc]. The van der Waals surface area contributed by atoms with Crippen LogP contribution in [0.2, 0.25) is 0 Å². The van der Waals surface area contributed by atoms with Gasteiger partial charge in [-0.05, 0) is 69.6 Å². The van der Waals surface area contributed by atoms with E-state index in [-0.39, 0.29) is 58.5 Å². The average Bonchev–Trinajstić information content (AvgIpc) is 3.42. The third-order valence-electron chi connectivity index (χ3n) is 7.43. The van der Waals surface area contributed by atoms with Crippen LogP contribution in [0.5, 0.6) is 0 Å². The molecule has 2 N–H and O–H groups in total. The molecule has 0 aromatic carbocycles. The number of methoxy groups -OCH3 is 4. The summed E-state index contributed by atoms with van der Waals surface area (Å²) in [6.45, 7) is 13.2. The molecule has 0 aromatic rings. The number of nitrogens with zero attached hydrogens (tertiary/aromatic N) is 5. The van der Waals surface area contributed by atoms with E-state index in [4.69, 9.17) is 23.7 Å². The summed E-state index contributed by atoms with van der Waals surface area (Å²) in [5.41, 5.74) is 0. The third-order valence-corrected chi connectivity index (χ3v) is 13.1. The van der Waals surface area contributed by atoms with Crippen molar-refractivity contribution in [3.05, 3.63) is 16.3 Å². The van der Waals surface area contributed by atoms with Gasteiger partial charge in [-0.25, -0.2) is 9.37 Å². The van der Waals surface area contributed by atoms with E-state index >= 15 is 0 Å². The Morgan fingerprint density at radius 3 is 1.69 bits per heavy atom. The fourth-order valence-electron chi connectivity index (χ4n) is 4.86. The second-order valence-electron chi connectivity index (χ2n) is 11.0. The van der Waals surface area contributed by atoms with Gasteiger partial charge in [0.15, 0.2) is 12.8 Å². The van der Waals surface area contributed by atoms with E-state index in [1.165, 1.54) is 82.0 Å². The van der Waals surface area contributed by atoms with Gasteiger partial charge in [0.1, 0.15) is 4.92 Å². The van der Waals surface area contributed by atoms with Crippen molar-refractivity contribution >= 4 is 57.5 Å². The summed E-state index contributed by atoms with van der Waals surface area (Å²) in [5, 5.41) is 10.6. The van der Waals surface area contributed by atoms with Crippen LogP contribution in [0.15, 0.2) is 9.98 Å². The van der Waals surface area contributed by atoms with Crippen LogP contribution in [0.3, 0.4) is 0 Å². The Morgan fingerprint density at radius 1 is 0.878 bits per heavy atom. The van der Waals surface area contributed by atoms with Crippen molar-refractivity contribution in [2.24, 2.45) is 9.98 Å². The number of rotatable bonds is 29. The van der Waals surface area contributed by atoms with Crippen LogP contribution in [0.25, 0.3) is 6.15 Å². The van der Waals surface area contributed by atoms with Crippen molar-refractivity contribution in [1.29, 1.82) is 0 Å². The fraction of sp³-hybridized carbons (Fsp3) is 0.903. The number of nitrogens with two attached hydrogens (primary N) is 1. The van der Waals surface area contributed by atoms with E-state index in [9.17, 15) is 10.1 Å². The Balaban J connectivity index is -0.00000104. The largest absolute Gasteiger partial charge is 0.789 e. The van der Waals surface area contributed by atoms with Crippen LogP contribution in [0, 0.1) is 10.1 Å². The van der Waals surface area contributed by atoms with E-state index in [0.717, 1.165) is 46.2 Å². The Hall–Kier alpha value is 0.0794. The molecule has 1 aliphatic heterocycles. The minimum absolute atomic E-state index is 0. The Bertz CT molecular complexity index is 836. The zero-order chi connectivity index (χ0) is 35.1. The summed E-state index contributed by atoms with van der Waals surface area (Å²) in [6.07, 6.45) is 13.6. The zero-order valence-corrected chi connectivity index (χ0v) is 36.0. The van der Waals surface area contributed by atoms with Crippen molar-refractivity contribution in [2.75, 3.05) is 138 Å². The molecule has 1 atom stereocenters. The molecule has 1 unspecified atom stereocenters. The maximum atomic E-state index is 10.6. The van der Waals surface area contributed by atoms with E-state index in [0.29, 0.717) is 13.1 Å². The van der Waals surface area contributed by atoms with Crippen LogP contribution < -0.4 is 0 Å². The molecule has 0 amide bonds. The molecule has 1 aliphatic rings. The second-order valence-corrected chi connectivity index (χ2v) is 17.4. The number of hydrogen-bond donors (Lipinski definition) is 0. The normalized spacial score (nSPS) is 13.8. The van der Waals surface area contributed by atoms with E-state index < -0.39 is 4.92 Å². The van der Waals surface area contributed by atoms with Crippen molar-refractivity contribution in [2.45, 2.75) is 45.7 Å². The molecule has 1 heterocycles. The maximum absolute atomic E-state index is 10.6. The first-order chi connectivity index (χ1) is 22.7. The number of aliphatic imine (C=N–C) groups is 2. The number of ether oxygens (including phenoxy) is 5. The minimum atomic E-state index is -0.459. The first-order valence-corrected chi connectivity index (χ1v) is 21.2. The van der Waals surface area contributed by atoms with Crippen molar-refractivity contribution < 1.29 is 53.3 Å². The standard InChI is InChI=1S/C24H53NO5P2.C7H10N4O2S2.H2N.Tc/c1-6-30-18-11-25(12-23-31(19-7-14-26-2)20-8-15-27-3)13-24-32(21-9-16-28-4)22-10-17-29-5;1-5-9-4-6(11(12)13)10(5)3-2-8-7(14)15;;/h6-24H2,1-5H3;4-5H,2-3H2,1H3,(H-,8,14,15);1H2;/q;;-1;/p-1. The molecule has 291 valence electrons. The van der Waals surface area contributed by atoms with Gasteiger partial charge >= 0.3 is 5.84 Å². The molecule has 1 rings (SSSR count). The second kappa shape index (κ2) is 37.8. The third kappa shape index (κ3) is 30.3. The molecule has 0 spiro atoms. The summed E-state index contributed by atoms with van der Waals surface area (Å²) >= 11 is 9.21. The van der Waals surface area contributed by atoms with Gasteiger partial charge in [-0.2, -0.15) is 0 Å². The Kier molecular flexibility index (Phi) is 41.2. The Labute approximate surface area is 323 Å². The van der Waals surface area contributed by atoms with Crippen LogP contribution in [0.1, 0.15) is 39.5 Å². The topological polar surface area (TPSA) is 154 Å². The van der Waals surface area contributed by atoms with Gasteiger partial charge in [-0.3, -0.25) is 10.1 Å². The first-order valence-electron chi connectivity index (χ1n) is 16.6. The molecule has 0 fully saturated rings. The van der Waals surface area contributed by atoms with Crippen molar-refractivity contribution in [3.8, 4) is 0 Å². The molecule has 0 saturated heterocycles. The average molecular weight is 857 g/mol. The molecule has 49 heavy (non-hydrogen) atoms. The van der Waals surface area contributed by atoms with Gasteiger partial charge in [0.2, 0.25) is 6.17 Å². The molecule has 1 radical (unpaired) electrons. The van der Waals surface area contributed by atoms with Crippen molar-refractivity contribution in [3.63, 3.8) is 0 Å². The number of hydrogen-bond acceptors (Lipinski definition) is 12. The molecular weight excluding hydrogens is 792 g/mol. The molecule has 0 saturated carbocycles. The van der Waals surface area contributed by atoms with Gasteiger partial charge in [-0.15, -0.1) is 20.4 Å². The van der Waals surface area contributed by atoms with Crippen LogP contribution in [0.4, 0.5) is 0 Å². The molecule has 0 aromatic heterocycles. The minimum Gasteiger partial charge on any atom is -0.789 e. The summed E-state index contributed by atoms with van der Waals surface area (Å²) in [5.74, 6) is -0.00649. The fourth-order valence-corrected chi connectivity index (χ4v) is 9.82. The molecule has 0 bridgehead atoms. The molecular formula is C31H64N6O7P2S2Tc-2. The van der Waals surface area contributed by atoms with E-state index in [1.54, 1.807) is 39.9 Å². The van der Waals surface area contributed by atoms with E-state index in [2.05, 4.69) is 47.1 Å². The van der Waals surface area contributed by atoms with Crippen molar-refractivity contribution in [1.82, 2.24) is 4.90 Å². The first kappa shape index (κ1) is 53.4. The monoisotopic (exact) mass is 855 g/mol. The summed E-state index contributed by atoms with van der Waals surface area (Å²) in [4.78, 5) is 20.6. The summed E-state index contributed by atoms with van der Waals surface area (Å²) in [6, 6.07) is 0. The smallest absolute Gasteiger partial charge is 0.516 e. The zero-order valence-electron chi connectivity index (χ0n) is 30.8. The number of amidine groups is 1. The molecule has 18 heteroatoms. The van der Waals surface area contributed by atoms with Gasteiger partial charge in [0, 0.05) is 108 Å². The summed E-state index contributed by atoms with van der Waals surface area (Å²) in [7, 11) is 7.31. The molecule has 0 aliphatic carbocycles. The predicted octanol–water partition coefficient (Wildman–Crippen LogP) is 4.70. The van der Waals surface area contributed by atoms with Crippen LogP contribution in [-0.2, 0) is 69.0 Å². The molecule has 13 nitrogen and oxygen atoms in total. The van der Waals surface area contributed by atoms with Gasteiger partial charge in [-0.1, -0.05) is 0 Å². The van der Waals surface area contributed by atoms with E-state index in [1.807, 2.05) is 0 Å². The van der Waals surface area contributed by atoms with Gasteiger partial charge < -0.3 is 65.0 Å². The predicted molar refractivity (Wildman–Crippen MR) is 209 cm³/mol. The quantitative estimate of drug-likeness (QED) is 0.0151.